The minimum atomic E-state index is -0.0758. The molecule has 0 heterocycles. The van der Waals surface area contributed by atoms with Crippen molar-refractivity contribution in [3.8, 4) is 0 Å². The first-order chi connectivity index (χ1) is 10.2. The van der Waals surface area contributed by atoms with Gasteiger partial charge in [-0.05, 0) is 19.1 Å². The quantitative estimate of drug-likeness (QED) is 0.269. The predicted octanol–water partition coefficient (Wildman–Crippen LogP) is 1.23. The number of guanidine groups is 1. The fourth-order valence-corrected chi connectivity index (χ4v) is 1.77. The normalized spacial score (nSPS) is 12.0. The summed E-state index contributed by atoms with van der Waals surface area (Å²) in [7, 11) is 3.37. The number of nitrogens with one attached hydrogen (secondary N) is 3. The maximum Gasteiger partial charge on any atom is 0.251 e. The molecule has 1 rings (SSSR count). The van der Waals surface area contributed by atoms with Crippen LogP contribution >= 0.6 is 24.0 Å². The minimum absolute atomic E-state index is 0. The summed E-state index contributed by atoms with van der Waals surface area (Å²) in [6.07, 6.45) is 0. The lowest BCUT2D eigenvalue weighted by atomic mass is 10.2. The summed E-state index contributed by atoms with van der Waals surface area (Å²) in [5.74, 6) is 0.613. The lowest BCUT2D eigenvalue weighted by molar-refractivity contribution is 0.0954. The van der Waals surface area contributed by atoms with Crippen LogP contribution in [0.4, 0.5) is 0 Å². The molecule has 0 radical (unpaired) electrons. The molecule has 1 aromatic rings. The maximum atomic E-state index is 11.8. The number of aliphatic imine (C=N–C) groups is 1. The Balaban J connectivity index is 0.00000441. The van der Waals surface area contributed by atoms with Crippen molar-refractivity contribution in [3.05, 3.63) is 35.9 Å². The van der Waals surface area contributed by atoms with E-state index in [1.807, 2.05) is 25.1 Å². The zero-order chi connectivity index (χ0) is 15.5. The van der Waals surface area contributed by atoms with Crippen LogP contribution in [0.15, 0.2) is 35.3 Å². The summed E-state index contributed by atoms with van der Waals surface area (Å²) in [6.45, 7) is 3.73. The van der Waals surface area contributed by atoms with Crippen LogP contribution in [0.5, 0.6) is 0 Å². The number of carbonyl (C=O) groups is 1. The Kier molecular flexibility index (Phi) is 11.5. The van der Waals surface area contributed by atoms with Crippen LogP contribution in [-0.4, -0.2) is 51.8 Å². The summed E-state index contributed by atoms with van der Waals surface area (Å²) in [5, 5.41) is 9.17. The van der Waals surface area contributed by atoms with Gasteiger partial charge in [-0.25, -0.2) is 0 Å². The number of ether oxygens (including phenoxy) is 1. The second-order valence-electron chi connectivity index (χ2n) is 4.62. The Bertz CT molecular complexity index is 454. The van der Waals surface area contributed by atoms with Crippen molar-refractivity contribution in [2.24, 2.45) is 4.99 Å². The van der Waals surface area contributed by atoms with Gasteiger partial charge >= 0.3 is 0 Å². The summed E-state index contributed by atoms with van der Waals surface area (Å²) >= 11 is 0. The van der Waals surface area contributed by atoms with Crippen LogP contribution < -0.4 is 16.0 Å². The van der Waals surface area contributed by atoms with Crippen LogP contribution in [0.2, 0.25) is 0 Å². The van der Waals surface area contributed by atoms with Crippen molar-refractivity contribution in [3.63, 3.8) is 0 Å². The number of rotatable bonds is 7. The molecule has 1 amide bonds. The first-order valence-corrected chi connectivity index (χ1v) is 6.96. The number of hydrogen-bond acceptors (Lipinski definition) is 3. The second-order valence-corrected chi connectivity index (χ2v) is 4.62. The second kappa shape index (κ2) is 12.2. The topological polar surface area (TPSA) is 74.8 Å². The van der Waals surface area contributed by atoms with E-state index in [0.29, 0.717) is 31.2 Å². The van der Waals surface area contributed by atoms with Crippen molar-refractivity contribution in [1.82, 2.24) is 16.0 Å². The van der Waals surface area contributed by atoms with Crippen molar-refractivity contribution in [2.45, 2.75) is 13.0 Å². The van der Waals surface area contributed by atoms with E-state index in [2.05, 4.69) is 20.9 Å². The highest BCUT2D eigenvalue weighted by Gasteiger charge is 2.05. The Hall–Kier alpha value is -1.35. The minimum Gasteiger partial charge on any atom is -0.383 e. The molecule has 0 aliphatic heterocycles. The number of benzene rings is 1. The van der Waals surface area contributed by atoms with Crippen molar-refractivity contribution >= 4 is 35.8 Å². The number of carbonyl (C=O) groups excluding carboxylic acids is 1. The van der Waals surface area contributed by atoms with Gasteiger partial charge in [-0.1, -0.05) is 18.2 Å². The third-order valence-corrected chi connectivity index (χ3v) is 2.76. The molecule has 0 spiro atoms. The van der Waals surface area contributed by atoms with E-state index in [-0.39, 0.29) is 35.9 Å². The molecule has 0 aromatic heterocycles. The van der Waals surface area contributed by atoms with Gasteiger partial charge in [0.2, 0.25) is 0 Å². The molecule has 6 nitrogen and oxygen atoms in total. The monoisotopic (exact) mass is 420 g/mol. The van der Waals surface area contributed by atoms with E-state index in [0.717, 1.165) is 0 Å². The molecule has 124 valence electrons. The van der Waals surface area contributed by atoms with Gasteiger partial charge in [0.15, 0.2) is 5.96 Å². The van der Waals surface area contributed by atoms with Gasteiger partial charge < -0.3 is 20.7 Å². The highest BCUT2D eigenvalue weighted by molar-refractivity contribution is 14.0. The van der Waals surface area contributed by atoms with E-state index in [4.69, 9.17) is 4.74 Å². The van der Waals surface area contributed by atoms with Gasteiger partial charge in [0.05, 0.1) is 6.61 Å². The molecule has 1 aromatic carbocycles. The average Bonchev–Trinajstić information content (AvgIpc) is 2.51. The Morgan fingerprint density at radius 2 is 1.86 bits per heavy atom. The van der Waals surface area contributed by atoms with E-state index in [9.17, 15) is 4.79 Å². The average molecular weight is 420 g/mol. The van der Waals surface area contributed by atoms with E-state index in [1.54, 1.807) is 26.3 Å². The molecule has 0 bridgehead atoms. The van der Waals surface area contributed by atoms with Crippen LogP contribution in [0.3, 0.4) is 0 Å². The molecule has 22 heavy (non-hydrogen) atoms. The largest absolute Gasteiger partial charge is 0.383 e. The smallest absolute Gasteiger partial charge is 0.251 e. The lowest BCUT2D eigenvalue weighted by Crippen LogP contribution is -2.46. The third-order valence-electron chi connectivity index (χ3n) is 2.76. The first-order valence-electron chi connectivity index (χ1n) is 6.96. The Labute approximate surface area is 149 Å². The zero-order valence-corrected chi connectivity index (χ0v) is 15.6. The number of nitrogens with zero attached hydrogens (tertiary/aromatic N) is 1. The van der Waals surface area contributed by atoms with Gasteiger partial charge in [0.1, 0.15) is 0 Å². The van der Waals surface area contributed by atoms with Crippen LogP contribution in [0, 0.1) is 0 Å². The fourth-order valence-electron chi connectivity index (χ4n) is 1.77. The molecule has 3 N–H and O–H groups in total. The standard InChI is InChI=1S/C15H24N4O2.HI/c1-12(11-21-3)19-15(16-2)18-10-9-17-14(20)13-7-5-4-6-8-13;/h4-8,12H,9-11H2,1-3H3,(H,17,20)(H2,16,18,19);1H. The molecule has 1 unspecified atom stereocenters. The molecule has 0 aliphatic carbocycles. The van der Waals surface area contributed by atoms with E-state index in [1.165, 1.54) is 0 Å². The van der Waals surface area contributed by atoms with Gasteiger partial charge in [0, 0.05) is 38.9 Å². The number of methoxy groups -OCH3 is 1. The molecule has 0 fully saturated rings. The lowest BCUT2D eigenvalue weighted by Gasteiger charge is -2.17. The SMILES string of the molecule is CN=C(NCCNC(=O)c1ccccc1)NC(C)COC.I. The first kappa shape index (κ1) is 20.6. The molecule has 0 aliphatic rings. The summed E-state index contributed by atoms with van der Waals surface area (Å²) in [4.78, 5) is 15.9. The van der Waals surface area contributed by atoms with Gasteiger partial charge in [-0.2, -0.15) is 0 Å². The van der Waals surface area contributed by atoms with Crippen molar-refractivity contribution in [1.29, 1.82) is 0 Å². The number of halogens is 1. The summed E-state index contributed by atoms with van der Waals surface area (Å²) < 4.78 is 5.05. The van der Waals surface area contributed by atoms with Crippen molar-refractivity contribution < 1.29 is 9.53 Å². The number of hydrogen-bond donors (Lipinski definition) is 3. The molecule has 1 atom stereocenters. The molecular weight excluding hydrogens is 395 g/mol. The molecule has 0 saturated carbocycles. The number of amides is 1. The third kappa shape index (κ3) is 8.18. The van der Waals surface area contributed by atoms with Crippen LogP contribution in [0.1, 0.15) is 17.3 Å². The van der Waals surface area contributed by atoms with Crippen LogP contribution in [0.25, 0.3) is 0 Å². The highest BCUT2D eigenvalue weighted by atomic mass is 127. The summed E-state index contributed by atoms with van der Waals surface area (Å²) in [5.41, 5.74) is 0.661. The van der Waals surface area contributed by atoms with Gasteiger partial charge in [-0.15, -0.1) is 24.0 Å². The van der Waals surface area contributed by atoms with E-state index >= 15 is 0 Å². The molecule has 0 saturated heterocycles. The molecule has 7 heteroatoms. The maximum absolute atomic E-state index is 11.8. The zero-order valence-electron chi connectivity index (χ0n) is 13.3. The molecular formula is C15H25IN4O2. The van der Waals surface area contributed by atoms with Crippen molar-refractivity contribution in [2.75, 3.05) is 33.9 Å². The Morgan fingerprint density at radius 1 is 1.23 bits per heavy atom. The summed E-state index contributed by atoms with van der Waals surface area (Å²) in [6, 6.07) is 9.31. The van der Waals surface area contributed by atoms with E-state index < -0.39 is 0 Å². The predicted molar refractivity (Wildman–Crippen MR) is 100 cm³/mol. The van der Waals surface area contributed by atoms with Gasteiger partial charge in [-0.3, -0.25) is 9.79 Å². The highest BCUT2D eigenvalue weighted by Crippen LogP contribution is 1.96. The fraction of sp³-hybridized carbons (Fsp3) is 0.467. The Morgan fingerprint density at radius 3 is 2.45 bits per heavy atom. The van der Waals surface area contributed by atoms with Crippen LogP contribution in [-0.2, 0) is 4.74 Å². The van der Waals surface area contributed by atoms with Gasteiger partial charge in [0.25, 0.3) is 5.91 Å².